The molecule has 0 spiro atoms. The van der Waals surface area contributed by atoms with Crippen LogP contribution in [0.1, 0.15) is 69.5 Å². The van der Waals surface area contributed by atoms with Gasteiger partial charge < -0.3 is 34.7 Å². The van der Waals surface area contributed by atoms with Gasteiger partial charge in [-0.25, -0.2) is 4.79 Å². The van der Waals surface area contributed by atoms with Crippen LogP contribution in [0.15, 0.2) is 30.3 Å². The molecule has 4 unspecified atom stereocenters. The summed E-state index contributed by atoms with van der Waals surface area (Å²) < 4.78 is 32.8. The molecule has 39 heavy (non-hydrogen) atoms. The number of carboxylic acid groups (broad SMARTS) is 1. The number of rotatable bonds is 14. The third-order valence-corrected chi connectivity index (χ3v) is 8.50. The van der Waals surface area contributed by atoms with Crippen LogP contribution in [0, 0.1) is 11.8 Å². The lowest BCUT2D eigenvalue weighted by atomic mass is 9.85. The highest BCUT2D eigenvalue weighted by Gasteiger charge is 2.33. The summed E-state index contributed by atoms with van der Waals surface area (Å²) in [7, 11) is 1.70. The molecular weight excluding hydrogens is 518 g/mol. The summed E-state index contributed by atoms with van der Waals surface area (Å²) in [6.07, 6.45) is 8.54. The number of methoxy groups -OCH3 is 1. The first kappa shape index (κ1) is 29.5. The highest BCUT2D eigenvalue weighted by Crippen LogP contribution is 2.37. The quantitative estimate of drug-likeness (QED) is 0.209. The van der Waals surface area contributed by atoms with Crippen molar-refractivity contribution in [1.82, 2.24) is 14.1 Å². The van der Waals surface area contributed by atoms with Crippen molar-refractivity contribution in [1.29, 1.82) is 0 Å². The molecule has 10 nitrogen and oxygen atoms in total. The number of nitrogens with one attached hydrogen (secondary N) is 2. The zero-order chi connectivity index (χ0) is 27.5. The molecule has 2 aromatic rings. The smallest absolute Gasteiger partial charge is 0.404 e. The van der Waals surface area contributed by atoms with E-state index in [1.165, 1.54) is 19.3 Å². The van der Waals surface area contributed by atoms with Gasteiger partial charge in [0.05, 0.1) is 6.10 Å². The van der Waals surface area contributed by atoms with Crippen LogP contribution in [0.3, 0.4) is 0 Å². The Kier molecular flexibility index (Phi) is 11.6. The van der Waals surface area contributed by atoms with E-state index in [9.17, 15) is 14.5 Å². The second kappa shape index (κ2) is 15.4. The van der Waals surface area contributed by atoms with E-state index < -0.39 is 17.2 Å². The van der Waals surface area contributed by atoms with Gasteiger partial charge >= 0.3 is 6.09 Å². The molecule has 1 saturated carbocycles. The monoisotopic (exact) mass is 561 g/mol. The number of anilines is 2. The minimum atomic E-state index is -1.70. The van der Waals surface area contributed by atoms with Crippen LogP contribution in [0.4, 0.5) is 16.4 Å². The number of ether oxygens (including phenoxy) is 2. The molecule has 1 aliphatic carbocycles. The van der Waals surface area contributed by atoms with Crippen LogP contribution < -0.4 is 15.5 Å². The van der Waals surface area contributed by atoms with Crippen molar-refractivity contribution in [3.63, 3.8) is 0 Å². The van der Waals surface area contributed by atoms with Crippen molar-refractivity contribution >= 4 is 28.9 Å². The fourth-order valence-electron chi connectivity index (χ4n) is 5.99. The fraction of sp³-hybridized carbons (Fsp3) is 0.679. The van der Waals surface area contributed by atoms with E-state index >= 15 is 0 Å². The standard InChI is InChI=1S/C28H43N5O5S/c1-37-16-9-17-38-25(22-12-6-3-7-13-22)23-14-8-15-33(20-23)27-26(31-39(36)32-27)30-24(19-29-28(34)35)18-21-10-4-2-5-11-21/h3,6-7,12-13,21,23-25,29H,2,4-5,8-11,14-20H2,1H3,(H,30,31)(H,34,35). The number of aromatic nitrogens is 2. The molecule has 216 valence electrons. The van der Waals surface area contributed by atoms with Crippen molar-refractivity contribution in [3.05, 3.63) is 35.9 Å². The summed E-state index contributed by atoms with van der Waals surface area (Å²) >= 11 is -1.70. The van der Waals surface area contributed by atoms with Gasteiger partial charge in [-0.2, -0.15) is 0 Å². The largest absolute Gasteiger partial charge is 0.546 e. The van der Waals surface area contributed by atoms with Crippen LogP contribution in [-0.4, -0.2) is 70.5 Å². The lowest BCUT2D eigenvalue weighted by Crippen LogP contribution is -2.40. The summed E-state index contributed by atoms with van der Waals surface area (Å²) in [5, 5.41) is 15.2. The molecule has 0 radical (unpaired) electrons. The first-order chi connectivity index (χ1) is 19.0. The van der Waals surface area contributed by atoms with Gasteiger partial charge in [0.2, 0.25) is 11.6 Å². The van der Waals surface area contributed by atoms with Gasteiger partial charge in [0.25, 0.3) is 0 Å². The van der Waals surface area contributed by atoms with Gasteiger partial charge in [0, 0.05) is 60.7 Å². The predicted molar refractivity (Wildman–Crippen MR) is 152 cm³/mol. The third-order valence-electron chi connectivity index (χ3n) is 7.83. The second-order valence-corrected chi connectivity index (χ2v) is 11.6. The summed E-state index contributed by atoms with van der Waals surface area (Å²) in [4.78, 5) is 13.4. The van der Waals surface area contributed by atoms with Gasteiger partial charge in [0.15, 0.2) is 11.1 Å². The summed E-state index contributed by atoms with van der Waals surface area (Å²) in [5.74, 6) is 1.88. The first-order valence-corrected chi connectivity index (χ1v) is 15.3. The molecule has 1 amide bonds. The summed E-state index contributed by atoms with van der Waals surface area (Å²) in [6, 6.07) is 10.2. The molecule has 3 N–H and O–H groups in total. The van der Waals surface area contributed by atoms with Crippen LogP contribution >= 0.6 is 11.1 Å². The molecule has 1 saturated heterocycles. The van der Waals surface area contributed by atoms with Gasteiger partial charge in [-0.15, -0.1) is 0 Å². The maximum atomic E-state index is 12.5. The Bertz CT molecular complexity index is 1000. The molecule has 4 atom stereocenters. The molecule has 1 aliphatic heterocycles. The number of benzene rings is 1. The van der Waals surface area contributed by atoms with E-state index in [2.05, 4.69) is 36.4 Å². The molecule has 2 aliphatic rings. The van der Waals surface area contributed by atoms with E-state index in [-0.39, 0.29) is 24.6 Å². The van der Waals surface area contributed by atoms with Crippen molar-refractivity contribution in [3.8, 4) is 0 Å². The Morgan fingerprint density at radius 3 is 2.69 bits per heavy atom. The van der Waals surface area contributed by atoms with Crippen molar-refractivity contribution in [2.24, 2.45) is 11.8 Å². The Morgan fingerprint density at radius 1 is 1.15 bits per heavy atom. The zero-order valence-electron chi connectivity index (χ0n) is 22.9. The Morgan fingerprint density at radius 2 is 1.95 bits per heavy atom. The maximum Gasteiger partial charge on any atom is 0.404 e. The number of amides is 1. The SMILES string of the molecule is COCCCOC(c1ccccc1)C1CCCN(c2n[s+]([O-])nc2NC(CNC(=O)O)CC2CCCCC2)C1. The number of nitrogens with zero attached hydrogens (tertiary/aromatic N) is 3. The predicted octanol–water partition coefficient (Wildman–Crippen LogP) is 5.23. The Balaban J connectivity index is 1.48. The number of hydrogen-bond acceptors (Lipinski definition) is 8. The van der Waals surface area contributed by atoms with E-state index in [4.69, 9.17) is 9.47 Å². The average Bonchev–Trinajstić information content (AvgIpc) is 3.32. The van der Waals surface area contributed by atoms with E-state index in [0.717, 1.165) is 50.6 Å². The minimum Gasteiger partial charge on any atom is -0.546 e. The normalized spacial score (nSPS) is 20.4. The summed E-state index contributed by atoms with van der Waals surface area (Å²) in [6.45, 7) is 3.03. The van der Waals surface area contributed by atoms with Gasteiger partial charge in [-0.1, -0.05) is 62.4 Å². The average molecular weight is 562 g/mol. The third kappa shape index (κ3) is 9.02. The fourth-order valence-corrected chi connectivity index (χ4v) is 6.67. The van der Waals surface area contributed by atoms with E-state index in [0.29, 0.717) is 37.3 Å². The highest BCUT2D eigenvalue weighted by atomic mass is 32.2. The van der Waals surface area contributed by atoms with Crippen molar-refractivity contribution in [2.45, 2.75) is 69.9 Å². The molecule has 11 heteroatoms. The maximum absolute atomic E-state index is 12.5. The second-order valence-electron chi connectivity index (χ2n) is 10.7. The van der Waals surface area contributed by atoms with Crippen molar-refractivity contribution in [2.75, 3.05) is 50.2 Å². The van der Waals surface area contributed by atoms with E-state index in [1.54, 1.807) is 7.11 Å². The Labute approximate surface area is 234 Å². The van der Waals surface area contributed by atoms with Gasteiger partial charge in [0.1, 0.15) is 0 Å². The van der Waals surface area contributed by atoms with Crippen LogP contribution in [0.25, 0.3) is 0 Å². The van der Waals surface area contributed by atoms with Crippen LogP contribution in [0.2, 0.25) is 0 Å². The number of hydrogen-bond donors (Lipinski definition) is 3. The molecule has 0 bridgehead atoms. The molecule has 4 rings (SSSR count). The molecule has 2 fully saturated rings. The minimum absolute atomic E-state index is 0.0643. The molecular formula is C28H43N5O5S. The zero-order valence-corrected chi connectivity index (χ0v) is 23.7. The molecule has 1 aromatic carbocycles. The van der Waals surface area contributed by atoms with Gasteiger partial charge in [-0.05, 0) is 37.2 Å². The number of piperidine rings is 1. The lowest BCUT2D eigenvalue weighted by Gasteiger charge is -2.37. The Hall–Kier alpha value is -2.47. The molecule has 2 heterocycles. The van der Waals surface area contributed by atoms with Crippen LogP contribution in [-0.2, 0) is 9.47 Å². The number of carbonyl (C=O) groups is 1. The summed E-state index contributed by atoms with van der Waals surface area (Å²) in [5.41, 5.74) is 1.15. The molecule has 1 aromatic heterocycles. The highest BCUT2D eigenvalue weighted by molar-refractivity contribution is 7.14. The lowest BCUT2D eigenvalue weighted by molar-refractivity contribution is -0.00237. The van der Waals surface area contributed by atoms with Gasteiger partial charge in [-0.3, -0.25) is 0 Å². The van der Waals surface area contributed by atoms with Crippen molar-refractivity contribution < 1.29 is 23.9 Å². The topological polar surface area (TPSA) is 132 Å². The van der Waals surface area contributed by atoms with E-state index in [1.807, 2.05) is 18.2 Å². The first-order valence-electron chi connectivity index (χ1n) is 14.3. The van der Waals surface area contributed by atoms with Crippen LogP contribution in [0.5, 0.6) is 0 Å².